The third-order valence-corrected chi connectivity index (χ3v) is 3.42. The van der Waals surface area contributed by atoms with Crippen LogP contribution in [0.5, 0.6) is 0 Å². The Kier molecular flexibility index (Phi) is 3.46. The molecule has 2 rings (SSSR count). The molecule has 1 aliphatic rings. The number of likely N-dealkylation sites (N-methyl/N-ethyl adjacent to an activating group) is 1. The Labute approximate surface area is 111 Å². The molecule has 0 saturated carbocycles. The van der Waals surface area contributed by atoms with E-state index in [9.17, 15) is 14.9 Å². The Morgan fingerprint density at radius 2 is 2.33 bits per heavy atom. The fraction of sp³-hybridized carbons (Fsp3) is 0.400. The van der Waals surface area contributed by atoms with Crippen LogP contribution in [-0.4, -0.2) is 40.3 Å². The average Bonchev–Trinajstić information content (AvgIpc) is 2.63. The molecule has 0 aliphatic carbocycles. The second-order valence-corrected chi connectivity index (χ2v) is 4.87. The van der Waals surface area contributed by atoms with Gasteiger partial charge in [0, 0.05) is 19.8 Å². The van der Waals surface area contributed by atoms with Gasteiger partial charge < -0.3 is 10.2 Å². The number of halogens is 1. The van der Waals surface area contributed by atoms with Crippen molar-refractivity contribution in [3.63, 3.8) is 0 Å². The zero-order valence-corrected chi connectivity index (χ0v) is 11.2. The van der Waals surface area contributed by atoms with Crippen LogP contribution in [0.25, 0.3) is 0 Å². The molecule has 1 unspecified atom stereocenters. The number of anilines is 1. The highest BCUT2D eigenvalue weighted by molar-refractivity contribution is 9.10. The molecule has 1 amide bonds. The molecule has 8 heteroatoms. The summed E-state index contributed by atoms with van der Waals surface area (Å²) in [5, 5.41) is 13.8. The molecule has 1 saturated heterocycles. The van der Waals surface area contributed by atoms with Gasteiger partial charge in [-0.15, -0.1) is 0 Å². The summed E-state index contributed by atoms with van der Waals surface area (Å²) >= 11 is 3.20. The summed E-state index contributed by atoms with van der Waals surface area (Å²) in [6.07, 6.45) is 3.25. The Bertz CT molecular complexity index is 508. The summed E-state index contributed by atoms with van der Waals surface area (Å²) < 4.78 is 0.471. The number of nitrogens with zero attached hydrogens (tertiary/aromatic N) is 3. The van der Waals surface area contributed by atoms with Gasteiger partial charge >= 0.3 is 5.69 Å². The SMILES string of the molecule is CN1CCC(Nc2c(Br)cncc2[N+](=O)[O-])C1=O. The zero-order valence-electron chi connectivity index (χ0n) is 9.59. The van der Waals surface area contributed by atoms with Gasteiger partial charge in [-0.25, -0.2) is 0 Å². The van der Waals surface area contributed by atoms with E-state index < -0.39 is 11.0 Å². The van der Waals surface area contributed by atoms with Crippen LogP contribution in [0.4, 0.5) is 11.4 Å². The maximum absolute atomic E-state index is 11.8. The second kappa shape index (κ2) is 4.89. The molecule has 0 aromatic carbocycles. The summed E-state index contributed by atoms with van der Waals surface area (Å²) in [5.74, 6) is -0.0620. The van der Waals surface area contributed by atoms with Crippen LogP contribution in [0.1, 0.15) is 6.42 Å². The standard InChI is InChI=1S/C10H11BrN4O3/c1-14-3-2-7(10(14)16)13-9-6(11)4-12-5-8(9)15(17)18/h4-5,7H,2-3H2,1H3,(H,12,13). The zero-order chi connectivity index (χ0) is 13.3. The van der Waals surface area contributed by atoms with Gasteiger partial charge in [-0.05, 0) is 22.4 Å². The Balaban J connectivity index is 2.29. The minimum Gasteiger partial charge on any atom is -0.367 e. The van der Waals surface area contributed by atoms with E-state index in [2.05, 4.69) is 26.2 Å². The topological polar surface area (TPSA) is 88.4 Å². The fourth-order valence-electron chi connectivity index (χ4n) is 1.84. The number of carbonyl (C=O) groups is 1. The number of nitro groups is 1. The number of carbonyl (C=O) groups excluding carboxylic acids is 1. The summed E-state index contributed by atoms with van der Waals surface area (Å²) in [6, 6.07) is -0.424. The number of hydrogen-bond acceptors (Lipinski definition) is 5. The van der Waals surface area contributed by atoms with E-state index in [-0.39, 0.29) is 11.6 Å². The molecule has 1 aromatic rings. The molecule has 2 heterocycles. The lowest BCUT2D eigenvalue weighted by Crippen LogP contribution is -2.31. The molecule has 96 valence electrons. The summed E-state index contributed by atoms with van der Waals surface area (Å²) in [6.45, 7) is 0.646. The van der Waals surface area contributed by atoms with Crippen molar-refractivity contribution in [2.75, 3.05) is 18.9 Å². The predicted molar refractivity (Wildman–Crippen MR) is 68.3 cm³/mol. The van der Waals surface area contributed by atoms with Gasteiger partial charge in [-0.2, -0.15) is 0 Å². The first kappa shape index (κ1) is 12.7. The Hall–Kier alpha value is -1.70. The largest absolute Gasteiger partial charge is 0.367 e. The molecule has 1 aliphatic heterocycles. The van der Waals surface area contributed by atoms with Crippen LogP contribution in [0.2, 0.25) is 0 Å². The van der Waals surface area contributed by atoms with Crippen molar-refractivity contribution in [2.45, 2.75) is 12.5 Å². The number of nitrogens with one attached hydrogen (secondary N) is 1. The van der Waals surface area contributed by atoms with Gasteiger partial charge in [-0.3, -0.25) is 19.9 Å². The minimum atomic E-state index is -0.525. The van der Waals surface area contributed by atoms with Crippen LogP contribution in [0.15, 0.2) is 16.9 Å². The van der Waals surface area contributed by atoms with E-state index in [0.29, 0.717) is 23.1 Å². The number of amides is 1. The molecule has 0 spiro atoms. The average molecular weight is 315 g/mol. The smallest absolute Gasteiger partial charge is 0.311 e. The lowest BCUT2D eigenvalue weighted by atomic mass is 10.2. The Morgan fingerprint density at radius 1 is 1.61 bits per heavy atom. The molecule has 1 atom stereocenters. The third-order valence-electron chi connectivity index (χ3n) is 2.82. The maximum atomic E-state index is 11.8. The number of aromatic nitrogens is 1. The molecular weight excluding hydrogens is 304 g/mol. The normalized spacial score (nSPS) is 19.1. The quantitative estimate of drug-likeness (QED) is 0.673. The van der Waals surface area contributed by atoms with Gasteiger partial charge in [0.15, 0.2) is 0 Å². The highest BCUT2D eigenvalue weighted by atomic mass is 79.9. The highest BCUT2D eigenvalue weighted by Gasteiger charge is 2.31. The van der Waals surface area contributed by atoms with Crippen molar-refractivity contribution < 1.29 is 9.72 Å². The first-order valence-corrected chi connectivity index (χ1v) is 6.09. The minimum absolute atomic E-state index is 0.0620. The summed E-state index contributed by atoms with van der Waals surface area (Å²) in [5.41, 5.74) is 0.148. The lowest BCUT2D eigenvalue weighted by molar-refractivity contribution is -0.384. The van der Waals surface area contributed by atoms with Crippen molar-refractivity contribution in [1.82, 2.24) is 9.88 Å². The van der Waals surface area contributed by atoms with E-state index >= 15 is 0 Å². The molecule has 0 bridgehead atoms. The Morgan fingerprint density at radius 3 is 2.89 bits per heavy atom. The van der Waals surface area contributed by atoms with E-state index in [0.717, 1.165) is 6.20 Å². The van der Waals surface area contributed by atoms with Crippen molar-refractivity contribution >= 4 is 33.2 Å². The monoisotopic (exact) mass is 314 g/mol. The predicted octanol–water partition coefficient (Wildman–Crippen LogP) is 1.39. The van der Waals surface area contributed by atoms with Crippen LogP contribution in [0, 0.1) is 10.1 Å². The van der Waals surface area contributed by atoms with Gasteiger partial charge in [0.05, 0.1) is 9.40 Å². The first-order valence-electron chi connectivity index (χ1n) is 5.30. The number of likely N-dealkylation sites (tertiary alicyclic amines) is 1. The molecule has 18 heavy (non-hydrogen) atoms. The van der Waals surface area contributed by atoms with Crippen LogP contribution in [-0.2, 0) is 4.79 Å². The second-order valence-electron chi connectivity index (χ2n) is 4.02. The summed E-state index contributed by atoms with van der Waals surface area (Å²) in [7, 11) is 1.71. The van der Waals surface area contributed by atoms with Gasteiger partial charge in [0.25, 0.3) is 0 Å². The number of hydrogen-bond donors (Lipinski definition) is 1. The van der Waals surface area contributed by atoms with Gasteiger partial charge in [-0.1, -0.05) is 0 Å². The van der Waals surface area contributed by atoms with E-state index in [4.69, 9.17) is 0 Å². The molecule has 7 nitrogen and oxygen atoms in total. The lowest BCUT2D eigenvalue weighted by Gasteiger charge is -2.14. The van der Waals surface area contributed by atoms with Crippen molar-refractivity contribution in [3.8, 4) is 0 Å². The molecule has 0 radical (unpaired) electrons. The molecule has 1 fully saturated rings. The highest BCUT2D eigenvalue weighted by Crippen LogP contribution is 2.32. The molecule has 1 aromatic heterocycles. The van der Waals surface area contributed by atoms with Crippen LogP contribution < -0.4 is 5.32 Å². The third kappa shape index (κ3) is 2.28. The summed E-state index contributed by atoms with van der Waals surface area (Å²) in [4.78, 5) is 27.5. The van der Waals surface area contributed by atoms with E-state index in [1.54, 1.807) is 11.9 Å². The number of rotatable bonds is 3. The first-order chi connectivity index (χ1) is 8.50. The molecule has 1 N–H and O–H groups in total. The van der Waals surface area contributed by atoms with Gasteiger partial charge in [0.1, 0.15) is 17.9 Å². The van der Waals surface area contributed by atoms with E-state index in [1.807, 2.05) is 0 Å². The fourth-order valence-corrected chi connectivity index (χ4v) is 2.27. The number of pyridine rings is 1. The van der Waals surface area contributed by atoms with E-state index in [1.165, 1.54) is 6.20 Å². The van der Waals surface area contributed by atoms with Crippen molar-refractivity contribution in [2.24, 2.45) is 0 Å². The maximum Gasteiger partial charge on any atom is 0.311 e. The molecular formula is C10H11BrN4O3. The van der Waals surface area contributed by atoms with Crippen molar-refractivity contribution in [1.29, 1.82) is 0 Å². The van der Waals surface area contributed by atoms with Crippen LogP contribution >= 0.6 is 15.9 Å². The van der Waals surface area contributed by atoms with Crippen LogP contribution in [0.3, 0.4) is 0 Å². The van der Waals surface area contributed by atoms with Gasteiger partial charge in [0.2, 0.25) is 5.91 Å². The van der Waals surface area contributed by atoms with Crippen molar-refractivity contribution in [3.05, 3.63) is 27.0 Å².